The highest BCUT2D eigenvalue weighted by Crippen LogP contribution is 2.37. The number of hydrogen-bond acceptors (Lipinski definition) is 0. The lowest BCUT2D eigenvalue weighted by Crippen LogP contribution is -2.35. The fourth-order valence-electron chi connectivity index (χ4n) is 5.20. The van der Waals surface area contributed by atoms with Gasteiger partial charge in [-0.25, -0.2) is 0 Å². The summed E-state index contributed by atoms with van der Waals surface area (Å²) in [5, 5.41) is 2.26. The highest BCUT2D eigenvalue weighted by Gasteiger charge is 2.22. The van der Waals surface area contributed by atoms with Crippen LogP contribution in [0.3, 0.4) is 0 Å². The molecular weight excluding hydrogens is 374 g/mol. The van der Waals surface area contributed by atoms with Crippen molar-refractivity contribution in [3.05, 3.63) is 89.6 Å². The fraction of sp³-hybridized carbons (Fsp3) is 0.300. The van der Waals surface area contributed by atoms with E-state index in [9.17, 15) is 0 Å². The Morgan fingerprint density at radius 1 is 0.839 bits per heavy atom. The Hall–Kier alpha value is -2.93. The second-order valence-corrected chi connectivity index (χ2v) is 9.15. The summed E-state index contributed by atoms with van der Waals surface area (Å²) in [6.45, 7) is 4.27. The summed E-state index contributed by atoms with van der Waals surface area (Å²) in [4.78, 5) is 0. The SMILES string of the molecule is [2H]c1c(C)[n+](C)c(-c2cc(-c3ccccc3)ccc2C)c2ccc(C3CCCCC3)cc12. The molecule has 4 aromatic rings. The van der Waals surface area contributed by atoms with Crippen LogP contribution in [0.25, 0.3) is 33.2 Å². The number of nitrogens with zero attached hydrogens (tertiary/aromatic N) is 1. The van der Waals surface area contributed by atoms with Crippen molar-refractivity contribution in [3.8, 4) is 22.4 Å². The molecule has 31 heavy (non-hydrogen) atoms. The van der Waals surface area contributed by atoms with Crippen molar-refractivity contribution in [1.29, 1.82) is 0 Å². The Labute approximate surface area is 187 Å². The Kier molecular flexibility index (Phi) is 5.04. The molecule has 0 saturated heterocycles. The Morgan fingerprint density at radius 2 is 1.61 bits per heavy atom. The second-order valence-electron chi connectivity index (χ2n) is 9.15. The van der Waals surface area contributed by atoms with Gasteiger partial charge in [-0.15, -0.1) is 0 Å². The highest BCUT2D eigenvalue weighted by molar-refractivity contribution is 5.95. The van der Waals surface area contributed by atoms with E-state index in [4.69, 9.17) is 1.37 Å². The summed E-state index contributed by atoms with van der Waals surface area (Å²) in [6.07, 6.45) is 6.59. The predicted octanol–water partition coefficient (Wildman–Crippen LogP) is 7.66. The van der Waals surface area contributed by atoms with Crippen molar-refractivity contribution in [1.82, 2.24) is 0 Å². The van der Waals surface area contributed by atoms with E-state index in [1.54, 1.807) is 0 Å². The summed E-state index contributed by atoms with van der Waals surface area (Å²) in [5.41, 5.74) is 8.60. The van der Waals surface area contributed by atoms with Gasteiger partial charge in [0.15, 0.2) is 5.69 Å². The lowest BCUT2D eigenvalue weighted by molar-refractivity contribution is -0.665. The molecule has 0 bridgehead atoms. The van der Waals surface area contributed by atoms with E-state index in [2.05, 4.69) is 92.2 Å². The third-order valence-corrected chi connectivity index (χ3v) is 7.13. The number of hydrogen-bond donors (Lipinski definition) is 0. The average Bonchev–Trinajstić information content (AvgIpc) is 2.85. The van der Waals surface area contributed by atoms with Crippen molar-refractivity contribution in [2.75, 3.05) is 0 Å². The number of aryl methyl sites for hydroxylation is 1. The first-order chi connectivity index (χ1) is 15.5. The van der Waals surface area contributed by atoms with Crippen LogP contribution in [0.2, 0.25) is 0 Å². The molecule has 0 amide bonds. The summed E-state index contributed by atoms with van der Waals surface area (Å²) in [5.74, 6) is 0.647. The van der Waals surface area contributed by atoms with E-state index in [1.165, 1.54) is 71.0 Å². The van der Waals surface area contributed by atoms with Crippen molar-refractivity contribution < 1.29 is 5.94 Å². The molecule has 0 N–H and O–H groups in total. The van der Waals surface area contributed by atoms with Crippen molar-refractivity contribution in [2.24, 2.45) is 7.05 Å². The molecule has 3 aromatic carbocycles. The molecule has 0 spiro atoms. The van der Waals surface area contributed by atoms with Gasteiger partial charge in [0, 0.05) is 13.0 Å². The molecule has 0 atom stereocenters. The molecule has 1 aliphatic carbocycles. The summed E-state index contributed by atoms with van der Waals surface area (Å²) in [6, 6.07) is 24.9. The molecule has 0 unspecified atom stereocenters. The van der Waals surface area contributed by atoms with Crippen LogP contribution < -0.4 is 4.57 Å². The first-order valence-corrected chi connectivity index (χ1v) is 11.6. The number of pyridine rings is 1. The third-order valence-electron chi connectivity index (χ3n) is 7.13. The number of fused-ring (bicyclic) bond motifs is 1. The lowest BCUT2D eigenvalue weighted by Gasteiger charge is -2.22. The fourth-order valence-corrected chi connectivity index (χ4v) is 5.20. The quantitative estimate of drug-likeness (QED) is 0.307. The van der Waals surface area contributed by atoms with Crippen molar-refractivity contribution in [3.63, 3.8) is 0 Å². The van der Waals surface area contributed by atoms with Crippen LogP contribution in [-0.4, -0.2) is 0 Å². The zero-order valence-electron chi connectivity index (χ0n) is 19.9. The monoisotopic (exact) mass is 407 g/mol. The first kappa shape index (κ1) is 18.8. The standard InChI is InChI=1S/C30H32N/c1-21-14-15-26(24-12-8-5-9-13-24)20-29(21)30-28-17-16-25(23-10-6-4-7-11-23)19-27(28)18-22(2)31(30)3/h5,8-9,12-20,23H,4,6-7,10-11H2,1-3H3/q+1/i18D. The molecule has 0 radical (unpaired) electrons. The van der Waals surface area contributed by atoms with E-state index >= 15 is 0 Å². The molecular formula is C30H32N+. The van der Waals surface area contributed by atoms with Gasteiger partial charge in [0.05, 0.1) is 12.3 Å². The van der Waals surface area contributed by atoms with Gasteiger partial charge in [0.1, 0.15) is 7.05 Å². The largest absolute Gasteiger partial charge is 0.220 e. The maximum Gasteiger partial charge on any atom is 0.220 e. The maximum atomic E-state index is 8.91. The molecule has 156 valence electrons. The maximum absolute atomic E-state index is 8.91. The summed E-state index contributed by atoms with van der Waals surface area (Å²) < 4.78 is 11.1. The van der Waals surface area contributed by atoms with Crippen LogP contribution in [0.5, 0.6) is 0 Å². The van der Waals surface area contributed by atoms with Gasteiger partial charge < -0.3 is 0 Å². The van der Waals surface area contributed by atoms with Crippen LogP contribution in [0.1, 0.15) is 56.2 Å². The smallest absolute Gasteiger partial charge is 0.198 e. The van der Waals surface area contributed by atoms with Gasteiger partial charge in [-0.2, -0.15) is 4.57 Å². The lowest BCUT2D eigenvalue weighted by atomic mass is 9.83. The van der Waals surface area contributed by atoms with E-state index < -0.39 is 0 Å². The van der Waals surface area contributed by atoms with Crippen molar-refractivity contribution in [2.45, 2.75) is 51.9 Å². The van der Waals surface area contributed by atoms with Gasteiger partial charge >= 0.3 is 0 Å². The third kappa shape index (κ3) is 3.78. The summed E-state index contributed by atoms with van der Waals surface area (Å²) in [7, 11) is 2.10. The van der Waals surface area contributed by atoms with Crippen LogP contribution in [0.15, 0.2) is 72.8 Å². The van der Waals surface area contributed by atoms with Crippen LogP contribution >= 0.6 is 0 Å². The molecule has 1 heterocycles. The summed E-state index contributed by atoms with van der Waals surface area (Å²) >= 11 is 0. The van der Waals surface area contributed by atoms with Crippen LogP contribution in [-0.2, 0) is 7.05 Å². The van der Waals surface area contributed by atoms with Crippen LogP contribution in [0, 0.1) is 13.8 Å². The number of rotatable bonds is 3. The van der Waals surface area contributed by atoms with Gasteiger partial charge in [-0.05, 0) is 65.5 Å². The zero-order valence-corrected chi connectivity index (χ0v) is 18.9. The van der Waals surface area contributed by atoms with E-state index in [1.807, 2.05) is 0 Å². The van der Waals surface area contributed by atoms with Gasteiger partial charge in [-0.3, -0.25) is 0 Å². The minimum Gasteiger partial charge on any atom is -0.198 e. The normalized spacial score (nSPS) is 15.3. The van der Waals surface area contributed by atoms with E-state index in [0.717, 1.165) is 11.1 Å². The van der Waals surface area contributed by atoms with Gasteiger partial charge in [-0.1, -0.05) is 73.9 Å². The first-order valence-electron chi connectivity index (χ1n) is 12.1. The molecule has 1 saturated carbocycles. The molecule has 5 rings (SSSR count). The topological polar surface area (TPSA) is 3.88 Å². The molecule has 1 aromatic heterocycles. The second kappa shape index (κ2) is 8.30. The highest BCUT2D eigenvalue weighted by atomic mass is 14.9. The van der Waals surface area contributed by atoms with E-state index in [-0.39, 0.29) is 0 Å². The van der Waals surface area contributed by atoms with E-state index in [0.29, 0.717) is 12.0 Å². The molecule has 1 heteroatoms. The molecule has 0 aliphatic heterocycles. The molecule has 1 nitrogen and oxygen atoms in total. The molecule has 1 aliphatic rings. The predicted molar refractivity (Wildman–Crippen MR) is 131 cm³/mol. The number of benzene rings is 3. The average molecular weight is 408 g/mol. The minimum atomic E-state index is 0.647. The van der Waals surface area contributed by atoms with Crippen LogP contribution in [0.4, 0.5) is 0 Å². The van der Waals surface area contributed by atoms with Crippen molar-refractivity contribution >= 4 is 10.8 Å². The Morgan fingerprint density at radius 3 is 2.39 bits per heavy atom. The number of aromatic nitrogens is 1. The Bertz CT molecular complexity index is 1280. The zero-order chi connectivity index (χ0) is 22.2. The van der Waals surface area contributed by atoms with Gasteiger partial charge in [0.25, 0.3) is 0 Å². The Balaban J connectivity index is 1.72. The minimum absolute atomic E-state index is 0.647. The van der Waals surface area contributed by atoms with Gasteiger partial charge in [0.2, 0.25) is 5.69 Å². The molecule has 1 fully saturated rings.